The van der Waals surface area contributed by atoms with Gasteiger partial charge >= 0.3 is 0 Å². The van der Waals surface area contributed by atoms with Gasteiger partial charge in [-0.15, -0.1) is 0 Å². The minimum Gasteiger partial charge on any atom is -0.492 e. The first-order valence-electron chi connectivity index (χ1n) is 11.1. The van der Waals surface area contributed by atoms with Gasteiger partial charge in [0.05, 0.1) is 29.1 Å². The summed E-state index contributed by atoms with van der Waals surface area (Å²) in [7, 11) is -3.53. The molecule has 0 aliphatic carbocycles. The summed E-state index contributed by atoms with van der Waals surface area (Å²) < 4.78 is 43.9. The molecule has 2 aromatic rings. The van der Waals surface area contributed by atoms with E-state index in [9.17, 15) is 13.2 Å². The standard InChI is InChI=1S/C24H31BrN2O6S/c1-24(2,3)18-4-9-22(21(25)16-18)33-17-23(28)26-10-13-32-19-5-7-20(8-6-19)34(29,30)27-11-14-31-15-12-27/h4-9,16H,10-15,17H2,1-3H3,(H,26,28). The van der Waals surface area contributed by atoms with Crippen molar-refractivity contribution in [3.05, 3.63) is 52.5 Å². The third-order valence-corrected chi connectivity index (χ3v) is 7.81. The molecular formula is C24H31BrN2O6S. The Morgan fingerprint density at radius 3 is 2.38 bits per heavy atom. The van der Waals surface area contributed by atoms with Gasteiger partial charge in [-0.3, -0.25) is 4.79 Å². The number of halogens is 1. The Morgan fingerprint density at radius 2 is 1.76 bits per heavy atom. The Balaban J connectivity index is 1.40. The lowest BCUT2D eigenvalue weighted by molar-refractivity contribution is -0.123. The van der Waals surface area contributed by atoms with Crippen LogP contribution in [0.25, 0.3) is 0 Å². The normalized spacial score (nSPS) is 15.1. The molecule has 0 bridgehead atoms. The summed E-state index contributed by atoms with van der Waals surface area (Å²) in [5, 5.41) is 2.74. The maximum atomic E-state index is 12.6. The molecule has 0 unspecified atom stereocenters. The van der Waals surface area contributed by atoms with E-state index in [1.807, 2.05) is 18.2 Å². The molecule has 0 saturated carbocycles. The summed E-state index contributed by atoms with van der Waals surface area (Å²) in [6.07, 6.45) is 0. The van der Waals surface area contributed by atoms with Crippen molar-refractivity contribution < 1.29 is 27.4 Å². The molecule has 1 aliphatic heterocycles. The smallest absolute Gasteiger partial charge is 0.258 e. The van der Waals surface area contributed by atoms with Crippen molar-refractivity contribution in [3.8, 4) is 11.5 Å². The van der Waals surface area contributed by atoms with E-state index in [4.69, 9.17) is 14.2 Å². The lowest BCUT2D eigenvalue weighted by atomic mass is 9.87. The lowest BCUT2D eigenvalue weighted by Gasteiger charge is -2.26. The molecule has 0 aromatic heterocycles. The Bertz CT molecular complexity index is 1080. The highest BCUT2D eigenvalue weighted by Gasteiger charge is 2.26. The number of ether oxygens (including phenoxy) is 3. The molecule has 1 N–H and O–H groups in total. The number of hydrogen-bond donors (Lipinski definition) is 1. The van der Waals surface area contributed by atoms with Gasteiger partial charge in [-0.25, -0.2) is 8.42 Å². The fourth-order valence-corrected chi connectivity index (χ4v) is 5.18. The molecular weight excluding hydrogens is 524 g/mol. The molecule has 2 aromatic carbocycles. The van der Waals surface area contributed by atoms with Gasteiger partial charge in [0.1, 0.15) is 18.1 Å². The monoisotopic (exact) mass is 554 g/mol. The Kier molecular flexibility index (Phi) is 8.97. The van der Waals surface area contributed by atoms with Gasteiger partial charge < -0.3 is 19.5 Å². The molecule has 3 rings (SSSR count). The van der Waals surface area contributed by atoms with E-state index in [-0.39, 0.29) is 29.4 Å². The van der Waals surface area contributed by atoms with Crippen molar-refractivity contribution in [1.82, 2.24) is 9.62 Å². The van der Waals surface area contributed by atoms with Gasteiger partial charge in [-0.1, -0.05) is 26.8 Å². The zero-order chi connectivity index (χ0) is 24.8. The van der Waals surface area contributed by atoms with Crippen molar-refractivity contribution in [2.45, 2.75) is 31.1 Å². The van der Waals surface area contributed by atoms with Gasteiger partial charge in [0.15, 0.2) is 6.61 Å². The number of morpholine rings is 1. The average Bonchev–Trinajstić information content (AvgIpc) is 2.81. The largest absolute Gasteiger partial charge is 0.492 e. The number of amides is 1. The van der Waals surface area contributed by atoms with E-state index in [1.54, 1.807) is 12.1 Å². The van der Waals surface area contributed by atoms with Crippen LogP contribution in [0.4, 0.5) is 0 Å². The number of nitrogens with zero attached hydrogens (tertiary/aromatic N) is 1. The van der Waals surface area contributed by atoms with Crippen LogP contribution in [-0.4, -0.2) is 64.7 Å². The van der Waals surface area contributed by atoms with E-state index in [0.29, 0.717) is 44.3 Å². The van der Waals surface area contributed by atoms with Gasteiger partial charge in [0.2, 0.25) is 10.0 Å². The van der Waals surface area contributed by atoms with Gasteiger partial charge in [0, 0.05) is 13.1 Å². The van der Waals surface area contributed by atoms with Crippen LogP contribution in [0.15, 0.2) is 51.8 Å². The summed E-state index contributed by atoms with van der Waals surface area (Å²) in [6, 6.07) is 12.1. The van der Waals surface area contributed by atoms with Crippen LogP contribution in [-0.2, 0) is 25.0 Å². The van der Waals surface area contributed by atoms with Gasteiger partial charge in [-0.05, 0) is 63.3 Å². The molecule has 1 aliphatic rings. The van der Waals surface area contributed by atoms with Crippen molar-refractivity contribution in [3.63, 3.8) is 0 Å². The first kappa shape index (κ1) is 26.5. The second-order valence-electron chi connectivity index (χ2n) is 8.87. The molecule has 1 fully saturated rings. The maximum absolute atomic E-state index is 12.6. The fraction of sp³-hybridized carbons (Fsp3) is 0.458. The van der Waals surface area contributed by atoms with Crippen LogP contribution in [0.3, 0.4) is 0 Å². The van der Waals surface area contributed by atoms with E-state index in [2.05, 4.69) is 42.0 Å². The SMILES string of the molecule is CC(C)(C)c1ccc(OCC(=O)NCCOc2ccc(S(=O)(=O)N3CCOCC3)cc2)c(Br)c1. The molecule has 1 heterocycles. The predicted octanol–water partition coefficient (Wildman–Crippen LogP) is 3.34. The van der Waals surface area contributed by atoms with Crippen molar-refractivity contribution in [1.29, 1.82) is 0 Å². The number of sulfonamides is 1. The molecule has 1 saturated heterocycles. The van der Waals surface area contributed by atoms with Gasteiger partial charge in [0.25, 0.3) is 5.91 Å². The van der Waals surface area contributed by atoms with Gasteiger partial charge in [-0.2, -0.15) is 4.31 Å². The molecule has 8 nitrogen and oxygen atoms in total. The Hall–Kier alpha value is -2.14. The molecule has 0 spiro atoms. The van der Waals surface area contributed by atoms with E-state index in [1.165, 1.54) is 22.0 Å². The maximum Gasteiger partial charge on any atom is 0.258 e. The predicted molar refractivity (Wildman–Crippen MR) is 133 cm³/mol. The zero-order valence-corrected chi connectivity index (χ0v) is 22.1. The molecule has 10 heteroatoms. The minimum atomic E-state index is -3.53. The summed E-state index contributed by atoms with van der Waals surface area (Å²) in [4.78, 5) is 12.3. The second kappa shape index (κ2) is 11.5. The van der Waals surface area contributed by atoms with Crippen LogP contribution in [0.1, 0.15) is 26.3 Å². The number of benzene rings is 2. The van der Waals surface area contributed by atoms with Crippen LogP contribution in [0.2, 0.25) is 0 Å². The molecule has 186 valence electrons. The third-order valence-electron chi connectivity index (χ3n) is 5.28. The number of carbonyl (C=O) groups is 1. The molecule has 34 heavy (non-hydrogen) atoms. The summed E-state index contributed by atoms with van der Waals surface area (Å²) in [6.45, 7) is 8.32. The molecule has 1 amide bonds. The quantitative estimate of drug-likeness (QED) is 0.478. The molecule has 0 atom stereocenters. The number of nitrogens with one attached hydrogen (secondary N) is 1. The Labute approximate surface area is 209 Å². The summed E-state index contributed by atoms with van der Waals surface area (Å²) in [5.41, 5.74) is 1.19. The minimum absolute atomic E-state index is 0.0236. The number of carbonyl (C=O) groups excluding carboxylic acids is 1. The highest BCUT2D eigenvalue weighted by atomic mass is 79.9. The second-order valence-corrected chi connectivity index (χ2v) is 11.7. The highest BCUT2D eigenvalue weighted by molar-refractivity contribution is 9.10. The van der Waals surface area contributed by atoms with Crippen LogP contribution in [0, 0.1) is 0 Å². The van der Waals surface area contributed by atoms with E-state index >= 15 is 0 Å². The first-order chi connectivity index (χ1) is 16.1. The lowest BCUT2D eigenvalue weighted by Crippen LogP contribution is -2.40. The van der Waals surface area contributed by atoms with E-state index < -0.39 is 10.0 Å². The van der Waals surface area contributed by atoms with Crippen LogP contribution >= 0.6 is 15.9 Å². The van der Waals surface area contributed by atoms with Crippen molar-refractivity contribution >= 4 is 31.9 Å². The van der Waals surface area contributed by atoms with Crippen molar-refractivity contribution in [2.75, 3.05) is 46.1 Å². The summed E-state index contributed by atoms with van der Waals surface area (Å²) in [5.74, 6) is 0.864. The topological polar surface area (TPSA) is 94.2 Å². The summed E-state index contributed by atoms with van der Waals surface area (Å²) >= 11 is 3.50. The Morgan fingerprint density at radius 1 is 1.09 bits per heavy atom. The van der Waals surface area contributed by atoms with Crippen molar-refractivity contribution in [2.24, 2.45) is 0 Å². The zero-order valence-electron chi connectivity index (χ0n) is 19.7. The fourth-order valence-electron chi connectivity index (χ4n) is 3.28. The average molecular weight is 555 g/mol. The first-order valence-corrected chi connectivity index (χ1v) is 13.3. The van der Waals surface area contributed by atoms with Crippen LogP contribution in [0.5, 0.6) is 11.5 Å². The number of rotatable bonds is 9. The highest BCUT2D eigenvalue weighted by Crippen LogP contribution is 2.31. The number of hydrogen-bond acceptors (Lipinski definition) is 6. The third kappa shape index (κ3) is 7.18. The van der Waals surface area contributed by atoms with E-state index in [0.717, 1.165) is 4.47 Å². The van der Waals surface area contributed by atoms with Crippen LogP contribution < -0.4 is 14.8 Å². The molecule has 0 radical (unpaired) electrons.